The maximum absolute atomic E-state index is 8.84. The van der Waals surface area contributed by atoms with Gasteiger partial charge in [0.1, 0.15) is 5.84 Å². The number of nitrogens with two attached hydrogens (primary N) is 2. The molecule has 0 aliphatic carbocycles. The van der Waals surface area contributed by atoms with Crippen molar-refractivity contribution in [2.45, 2.75) is 13.5 Å². The lowest BCUT2D eigenvalue weighted by Crippen LogP contribution is -2.13. The Morgan fingerprint density at radius 3 is 2.27 bits per heavy atom. The number of nitrogens with zero attached hydrogens (tertiary/aromatic N) is 2. The molecule has 0 bridgehead atoms. The second kappa shape index (κ2) is 5.11. The second-order valence-electron chi connectivity index (χ2n) is 3.08. The third-order valence-corrected chi connectivity index (χ3v) is 1.75. The number of rotatable bonds is 3. The van der Waals surface area contributed by atoms with Crippen molar-refractivity contribution in [3.05, 3.63) is 35.4 Å². The molecule has 0 saturated carbocycles. The largest absolute Gasteiger partial charge is 0.392 e. The summed E-state index contributed by atoms with van der Waals surface area (Å²) < 4.78 is 0. The summed E-state index contributed by atoms with van der Waals surface area (Å²) in [7, 11) is 0. The number of benzene rings is 1. The lowest BCUT2D eigenvalue weighted by Gasteiger charge is -2.00. The molecule has 0 aliphatic heterocycles. The lowest BCUT2D eigenvalue weighted by atomic mass is 10.1. The molecule has 5 nitrogen and oxygen atoms in total. The monoisotopic (exact) mass is 206 g/mol. The van der Waals surface area contributed by atoms with Crippen LogP contribution in [0.25, 0.3) is 0 Å². The number of amidine groups is 2. The third kappa shape index (κ3) is 3.40. The number of hydrogen-bond donors (Lipinski definition) is 3. The van der Waals surface area contributed by atoms with Gasteiger partial charge in [0.15, 0.2) is 5.84 Å². The fraction of sp³-hybridized carbons (Fsp3) is 0.200. The van der Waals surface area contributed by atoms with Crippen LogP contribution in [0.3, 0.4) is 0 Å². The molecule has 0 amide bonds. The molecule has 15 heavy (non-hydrogen) atoms. The SMILES string of the molecule is C/C(N)=N/N=C(\N)c1ccc(CO)cc1. The molecule has 5 N–H and O–H groups in total. The Kier molecular flexibility index (Phi) is 3.82. The standard InChI is InChI=1S/C10H14N4O/c1-7(11)13-14-10(12)9-4-2-8(6-15)3-5-9/h2-5,15H,6H2,1H3,(H2,11,13)(H2,12,14). The molecule has 0 heterocycles. The van der Waals surface area contributed by atoms with Gasteiger partial charge >= 0.3 is 0 Å². The van der Waals surface area contributed by atoms with Gasteiger partial charge in [0.2, 0.25) is 0 Å². The van der Waals surface area contributed by atoms with Gasteiger partial charge < -0.3 is 16.6 Å². The van der Waals surface area contributed by atoms with Gasteiger partial charge in [0.25, 0.3) is 0 Å². The summed E-state index contributed by atoms with van der Waals surface area (Å²) in [6.07, 6.45) is 0. The van der Waals surface area contributed by atoms with Crippen LogP contribution >= 0.6 is 0 Å². The summed E-state index contributed by atoms with van der Waals surface area (Å²) in [6.45, 7) is 1.64. The fourth-order valence-electron chi connectivity index (χ4n) is 0.971. The van der Waals surface area contributed by atoms with Crippen molar-refractivity contribution >= 4 is 11.7 Å². The highest BCUT2D eigenvalue weighted by Crippen LogP contribution is 2.04. The Hall–Kier alpha value is -1.88. The van der Waals surface area contributed by atoms with E-state index in [1.807, 2.05) is 0 Å². The molecule has 1 rings (SSSR count). The van der Waals surface area contributed by atoms with Crippen LogP contribution in [0.4, 0.5) is 0 Å². The van der Waals surface area contributed by atoms with Crippen LogP contribution in [0.15, 0.2) is 34.5 Å². The normalized spacial score (nSPS) is 12.9. The van der Waals surface area contributed by atoms with Crippen molar-refractivity contribution in [3.8, 4) is 0 Å². The van der Waals surface area contributed by atoms with E-state index in [1.54, 1.807) is 31.2 Å². The van der Waals surface area contributed by atoms with E-state index < -0.39 is 0 Å². The first-order valence-corrected chi connectivity index (χ1v) is 4.47. The van der Waals surface area contributed by atoms with E-state index in [1.165, 1.54) is 0 Å². The summed E-state index contributed by atoms with van der Waals surface area (Å²) in [6, 6.07) is 7.09. The van der Waals surface area contributed by atoms with Crippen molar-refractivity contribution < 1.29 is 5.11 Å². The first-order valence-electron chi connectivity index (χ1n) is 4.47. The molecule has 0 aromatic heterocycles. The molecular formula is C10H14N4O. The van der Waals surface area contributed by atoms with Crippen LogP contribution in [-0.4, -0.2) is 16.8 Å². The van der Waals surface area contributed by atoms with Gasteiger partial charge in [-0.3, -0.25) is 0 Å². The Labute approximate surface area is 88.1 Å². The molecule has 5 heteroatoms. The first-order chi connectivity index (χ1) is 7.13. The Morgan fingerprint density at radius 1 is 1.20 bits per heavy atom. The average Bonchev–Trinajstić information content (AvgIpc) is 2.26. The second-order valence-corrected chi connectivity index (χ2v) is 3.08. The maximum Gasteiger partial charge on any atom is 0.153 e. The summed E-state index contributed by atoms with van der Waals surface area (Å²) in [5.41, 5.74) is 12.5. The molecule has 1 aromatic rings. The summed E-state index contributed by atoms with van der Waals surface area (Å²) >= 11 is 0. The summed E-state index contributed by atoms with van der Waals surface area (Å²) in [5, 5.41) is 16.2. The van der Waals surface area contributed by atoms with E-state index in [9.17, 15) is 0 Å². The van der Waals surface area contributed by atoms with E-state index >= 15 is 0 Å². The highest BCUT2D eigenvalue weighted by atomic mass is 16.3. The van der Waals surface area contributed by atoms with Gasteiger partial charge in [-0.05, 0) is 12.5 Å². The smallest absolute Gasteiger partial charge is 0.153 e. The van der Waals surface area contributed by atoms with Gasteiger partial charge in [-0.15, -0.1) is 10.2 Å². The van der Waals surface area contributed by atoms with E-state index in [4.69, 9.17) is 16.6 Å². The van der Waals surface area contributed by atoms with E-state index in [2.05, 4.69) is 10.2 Å². The van der Waals surface area contributed by atoms with Crippen molar-refractivity contribution in [3.63, 3.8) is 0 Å². The summed E-state index contributed by atoms with van der Waals surface area (Å²) in [5.74, 6) is 0.647. The molecular weight excluding hydrogens is 192 g/mol. The van der Waals surface area contributed by atoms with Gasteiger partial charge in [0.05, 0.1) is 6.61 Å². The van der Waals surface area contributed by atoms with Crippen LogP contribution in [0.2, 0.25) is 0 Å². The van der Waals surface area contributed by atoms with Gasteiger partial charge in [-0.2, -0.15) is 0 Å². The molecule has 0 spiro atoms. The molecule has 1 aromatic carbocycles. The molecule has 0 radical (unpaired) electrons. The van der Waals surface area contributed by atoms with Crippen molar-refractivity contribution in [1.29, 1.82) is 0 Å². The third-order valence-electron chi connectivity index (χ3n) is 1.75. The van der Waals surface area contributed by atoms with Crippen LogP contribution in [0.5, 0.6) is 0 Å². The zero-order valence-electron chi connectivity index (χ0n) is 8.51. The average molecular weight is 206 g/mol. The van der Waals surface area contributed by atoms with Crippen LogP contribution in [-0.2, 0) is 6.61 Å². The van der Waals surface area contributed by atoms with Crippen molar-refractivity contribution in [2.24, 2.45) is 21.7 Å². The van der Waals surface area contributed by atoms with Gasteiger partial charge in [-0.1, -0.05) is 24.3 Å². The van der Waals surface area contributed by atoms with Gasteiger partial charge in [-0.25, -0.2) is 0 Å². The Morgan fingerprint density at radius 2 is 1.80 bits per heavy atom. The lowest BCUT2D eigenvalue weighted by molar-refractivity contribution is 0.282. The number of hydrogen-bond acceptors (Lipinski definition) is 3. The van der Waals surface area contributed by atoms with Crippen LogP contribution in [0, 0.1) is 0 Å². The van der Waals surface area contributed by atoms with Gasteiger partial charge in [0, 0.05) is 5.56 Å². The molecule has 0 aliphatic rings. The van der Waals surface area contributed by atoms with E-state index in [0.29, 0.717) is 11.7 Å². The van der Waals surface area contributed by atoms with E-state index in [-0.39, 0.29) is 6.61 Å². The highest BCUT2D eigenvalue weighted by molar-refractivity contribution is 5.97. The molecule has 0 unspecified atom stereocenters. The molecule has 0 atom stereocenters. The predicted molar refractivity (Wildman–Crippen MR) is 60.4 cm³/mol. The zero-order chi connectivity index (χ0) is 11.3. The summed E-state index contributed by atoms with van der Waals surface area (Å²) in [4.78, 5) is 0. The minimum atomic E-state index is 0.0113. The highest BCUT2D eigenvalue weighted by Gasteiger charge is 1.97. The fourth-order valence-corrected chi connectivity index (χ4v) is 0.971. The minimum Gasteiger partial charge on any atom is -0.392 e. The predicted octanol–water partition coefficient (Wildman–Crippen LogP) is 0.176. The molecule has 0 saturated heterocycles. The maximum atomic E-state index is 8.84. The van der Waals surface area contributed by atoms with Crippen molar-refractivity contribution in [1.82, 2.24) is 0 Å². The number of aliphatic hydroxyl groups is 1. The quantitative estimate of drug-likeness (QED) is 0.374. The van der Waals surface area contributed by atoms with Crippen LogP contribution < -0.4 is 11.5 Å². The molecule has 0 fully saturated rings. The topological polar surface area (TPSA) is 97.0 Å². The minimum absolute atomic E-state index is 0.0113. The van der Waals surface area contributed by atoms with Crippen LogP contribution in [0.1, 0.15) is 18.1 Å². The number of aliphatic hydroxyl groups excluding tert-OH is 1. The van der Waals surface area contributed by atoms with Crippen molar-refractivity contribution in [2.75, 3.05) is 0 Å². The molecule has 80 valence electrons. The Bertz CT molecular complexity index is 377. The first kappa shape index (κ1) is 11.2. The Balaban J connectivity index is 2.87. The zero-order valence-corrected chi connectivity index (χ0v) is 8.51. The van der Waals surface area contributed by atoms with E-state index in [0.717, 1.165) is 11.1 Å².